The lowest BCUT2D eigenvalue weighted by Crippen LogP contribution is -2.29. The van der Waals surface area contributed by atoms with Crippen LogP contribution < -0.4 is 10.3 Å². The second kappa shape index (κ2) is 6.29. The van der Waals surface area contributed by atoms with E-state index < -0.39 is 29.5 Å². The van der Waals surface area contributed by atoms with E-state index in [9.17, 15) is 31.1 Å². The molecule has 1 aromatic heterocycles. The van der Waals surface area contributed by atoms with Crippen LogP contribution in [-0.4, -0.2) is 15.9 Å². The maximum Gasteiger partial charge on any atom is 0.573 e. The molecule has 0 fully saturated rings. The van der Waals surface area contributed by atoms with Gasteiger partial charge in [0.25, 0.3) is 5.56 Å². The van der Waals surface area contributed by atoms with Crippen LogP contribution in [-0.2, 0) is 13.2 Å². The van der Waals surface area contributed by atoms with Gasteiger partial charge >= 0.3 is 12.5 Å². The van der Waals surface area contributed by atoms with Crippen LogP contribution in [0.1, 0.15) is 5.69 Å². The predicted molar refractivity (Wildman–Crippen MR) is 84.1 cm³/mol. The Kier molecular flexibility index (Phi) is 4.37. The number of aromatic nitrogens is 2. The van der Waals surface area contributed by atoms with Crippen molar-refractivity contribution in [2.75, 3.05) is 0 Å². The maximum atomic E-state index is 13.0. The fourth-order valence-corrected chi connectivity index (χ4v) is 2.55. The third-order valence-electron chi connectivity index (χ3n) is 3.77. The molecule has 3 aromatic rings. The summed E-state index contributed by atoms with van der Waals surface area (Å²) in [5, 5.41) is 0. The Balaban J connectivity index is 2.06. The second-order valence-electron chi connectivity index (χ2n) is 5.60. The first-order valence-corrected chi connectivity index (χ1v) is 7.40. The van der Waals surface area contributed by atoms with Crippen molar-refractivity contribution in [2.45, 2.75) is 12.5 Å². The number of nitrogens with zero attached hydrogens (tertiary/aromatic N) is 2. The molecule has 142 valence electrons. The van der Waals surface area contributed by atoms with Crippen LogP contribution in [0.3, 0.4) is 0 Å². The highest BCUT2D eigenvalue weighted by atomic mass is 19.4. The van der Waals surface area contributed by atoms with Gasteiger partial charge < -0.3 is 9.30 Å². The second-order valence-corrected chi connectivity index (χ2v) is 5.60. The van der Waals surface area contributed by atoms with Crippen LogP contribution in [0.25, 0.3) is 22.2 Å². The Morgan fingerprint density at radius 3 is 2.07 bits per heavy atom. The molecule has 2 aromatic carbocycles. The minimum absolute atomic E-state index is 0.0717. The average molecular weight is 388 g/mol. The molecule has 10 heteroatoms. The van der Waals surface area contributed by atoms with E-state index in [1.807, 2.05) is 0 Å². The van der Waals surface area contributed by atoms with Gasteiger partial charge in [-0.3, -0.25) is 4.79 Å². The molecule has 0 aliphatic carbocycles. The van der Waals surface area contributed by atoms with Gasteiger partial charge in [0.15, 0.2) is 0 Å². The van der Waals surface area contributed by atoms with Crippen molar-refractivity contribution >= 4 is 11.0 Å². The Labute approximate surface area is 147 Å². The van der Waals surface area contributed by atoms with Crippen LogP contribution in [0.15, 0.2) is 47.3 Å². The van der Waals surface area contributed by atoms with Crippen LogP contribution in [0.4, 0.5) is 26.3 Å². The van der Waals surface area contributed by atoms with E-state index in [1.165, 1.54) is 37.4 Å². The molecule has 27 heavy (non-hydrogen) atoms. The highest BCUT2D eigenvalue weighted by Crippen LogP contribution is 2.30. The summed E-state index contributed by atoms with van der Waals surface area (Å²) < 4.78 is 80.1. The normalized spacial score (nSPS) is 12.4. The lowest BCUT2D eigenvalue weighted by Gasteiger charge is -2.12. The molecule has 0 aliphatic heterocycles. The molecule has 0 radical (unpaired) electrons. The third-order valence-corrected chi connectivity index (χ3v) is 3.77. The number of alkyl halides is 6. The number of hydrogen-bond acceptors (Lipinski definition) is 3. The number of rotatable bonds is 2. The summed E-state index contributed by atoms with van der Waals surface area (Å²) in [5.74, 6) is -0.424. The number of ether oxygens (including phenoxy) is 1. The van der Waals surface area contributed by atoms with E-state index in [-0.39, 0.29) is 11.0 Å². The van der Waals surface area contributed by atoms with Gasteiger partial charge in [-0.2, -0.15) is 13.2 Å². The molecule has 0 unspecified atom stereocenters. The minimum atomic E-state index is -4.91. The number of benzene rings is 2. The van der Waals surface area contributed by atoms with Gasteiger partial charge in [0, 0.05) is 7.05 Å². The maximum absolute atomic E-state index is 13.0. The van der Waals surface area contributed by atoms with Gasteiger partial charge in [0.1, 0.15) is 5.75 Å². The Bertz CT molecular complexity index is 1050. The van der Waals surface area contributed by atoms with E-state index in [0.29, 0.717) is 11.1 Å². The predicted octanol–water partition coefficient (Wildman–Crippen LogP) is 4.52. The molecule has 3 rings (SSSR count). The van der Waals surface area contributed by atoms with Gasteiger partial charge in [0.05, 0.1) is 11.0 Å². The van der Waals surface area contributed by atoms with Gasteiger partial charge in [-0.15, -0.1) is 13.2 Å². The van der Waals surface area contributed by atoms with Crippen LogP contribution in [0.2, 0.25) is 0 Å². The lowest BCUT2D eigenvalue weighted by atomic mass is 10.0. The van der Waals surface area contributed by atoms with Crippen molar-refractivity contribution in [3.63, 3.8) is 0 Å². The molecule has 0 saturated heterocycles. The summed E-state index contributed by atoms with van der Waals surface area (Å²) in [6.07, 6.45) is -9.73. The minimum Gasteiger partial charge on any atom is -0.406 e. The number of halogens is 6. The SMILES string of the molecule is Cn1c(=O)c(C(F)(F)F)nc2cc(-c3ccc(OC(F)(F)F)cc3)ccc21. The molecule has 0 aliphatic rings. The molecule has 0 N–H and O–H groups in total. The molecule has 1 heterocycles. The van der Waals surface area contributed by atoms with E-state index in [1.54, 1.807) is 0 Å². The van der Waals surface area contributed by atoms with E-state index in [0.717, 1.165) is 16.7 Å². The van der Waals surface area contributed by atoms with Crippen molar-refractivity contribution in [3.8, 4) is 16.9 Å². The standard InChI is InChI=1S/C17H10F6N2O2/c1-25-13-7-4-10(8-12(13)24-14(15(25)26)16(18,19)20)9-2-5-11(6-3-9)27-17(21,22)23/h2-8H,1H3. The summed E-state index contributed by atoms with van der Waals surface area (Å²) in [5.41, 5.74) is -1.83. The molecule has 0 amide bonds. The molecule has 0 spiro atoms. The van der Waals surface area contributed by atoms with Crippen LogP contribution >= 0.6 is 0 Å². The smallest absolute Gasteiger partial charge is 0.406 e. The first-order valence-electron chi connectivity index (χ1n) is 7.40. The fraction of sp³-hybridized carbons (Fsp3) is 0.176. The summed E-state index contributed by atoms with van der Waals surface area (Å²) in [4.78, 5) is 15.2. The van der Waals surface area contributed by atoms with Gasteiger partial charge in [-0.1, -0.05) is 18.2 Å². The number of hydrogen-bond donors (Lipinski definition) is 0. The molecule has 4 nitrogen and oxygen atoms in total. The number of aryl methyl sites for hydroxylation is 1. The fourth-order valence-electron chi connectivity index (χ4n) is 2.55. The van der Waals surface area contributed by atoms with Gasteiger partial charge in [-0.05, 0) is 35.4 Å². The highest BCUT2D eigenvalue weighted by Gasteiger charge is 2.37. The van der Waals surface area contributed by atoms with Gasteiger partial charge in [-0.25, -0.2) is 4.98 Å². The topological polar surface area (TPSA) is 44.1 Å². The lowest BCUT2D eigenvalue weighted by molar-refractivity contribution is -0.274. The van der Waals surface area contributed by atoms with E-state index in [2.05, 4.69) is 9.72 Å². The van der Waals surface area contributed by atoms with E-state index >= 15 is 0 Å². The third kappa shape index (κ3) is 3.88. The van der Waals surface area contributed by atoms with Crippen molar-refractivity contribution < 1.29 is 31.1 Å². The zero-order chi connectivity index (χ0) is 20.0. The molecular formula is C17H10F6N2O2. The zero-order valence-corrected chi connectivity index (χ0v) is 13.5. The average Bonchev–Trinajstić information content (AvgIpc) is 2.56. The summed E-state index contributed by atoms with van der Waals surface area (Å²) in [6, 6.07) is 9.09. The van der Waals surface area contributed by atoms with Crippen LogP contribution in [0, 0.1) is 0 Å². The zero-order valence-electron chi connectivity index (χ0n) is 13.5. The number of fused-ring (bicyclic) bond motifs is 1. The highest BCUT2D eigenvalue weighted by molar-refractivity contribution is 5.82. The van der Waals surface area contributed by atoms with Crippen molar-refractivity contribution in [1.29, 1.82) is 0 Å². The molecule has 0 atom stereocenters. The summed E-state index contributed by atoms with van der Waals surface area (Å²) in [6.45, 7) is 0. The van der Waals surface area contributed by atoms with Crippen molar-refractivity contribution in [2.24, 2.45) is 7.05 Å². The van der Waals surface area contributed by atoms with Crippen molar-refractivity contribution in [1.82, 2.24) is 9.55 Å². The van der Waals surface area contributed by atoms with E-state index in [4.69, 9.17) is 0 Å². The quantitative estimate of drug-likeness (QED) is 0.607. The summed E-state index contributed by atoms with van der Waals surface area (Å²) >= 11 is 0. The summed E-state index contributed by atoms with van der Waals surface area (Å²) in [7, 11) is 1.20. The monoisotopic (exact) mass is 388 g/mol. The van der Waals surface area contributed by atoms with Crippen LogP contribution in [0.5, 0.6) is 5.75 Å². The Morgan fingerprint density at radius 2 is 1.52 bits per heavy atom. The molecule has 0 saturated carbocycles. The molecular weight excluding hydrogens is 378 g/mol. The Morgan fingerprint density at radius 1 is 0.926 bits per heavy atom. The molecule has 0 bridgehead atoms. The van der Waals surface area contributed by atoms with Gasteiger partial charge in [0.2, 0.25) is 5.69 Å². The van der Waals surface area contributed by atoms with Crippen molar-refractivity contribution in [3.05, 3.63) is 58.5 Å². The largest absolute Gasteiger partial charge is 0.573 e. The first kappa shape index (κ1) is 18.7. The first-order chi connectivity index (χ1) is 12.5. The Hall–Kier alpha value is -3.04.